The van der Waals surface area contributed by atoms with Crippen LogP contribution in [0.5, 0.6) is 11.5 Å². The molecule has 0 spiro atoms. The SMILES string of the molecule is COc1ccc2ncc(=O)n(CCN3CCC(NCc4cnc(C)c(Cl)c4)CC3)c2c1.COc1ccc2ncc(=O)n(CCN3CCC(NCc4cnc(C)c(Cl)c4)CC3)c2c1. The fraction of sp³-hybridized carbons (Fsp3) is 0.435. The van der Waals surface area contributed by atoms with Gasteiger partial charge in [-0.3, -0.25) is 19.6 Å². The van der Waals surface area contributed by atoms with E-state index in [-0.39, 0.29) is 11.1 Å². The molecule has 0 atom stereocenters. The summed E-state index contributed by atoms with van der Waals surface area (Å²) in [5, 5.41) is 8.67. The van der Waals surface area contributed by atoms with Crippen LogP contribution in [0.15, 0.2) is 82.9 Å². The van der Waals surface area contributed by atoms with Crippen LogP contribution in [-0.4, -0.2) is 104 Å². The van der Waals surface area contributed by atoms with Crippen molar-refractivity contribution in [1.82, 2.24) is 49.5 Å². The molecule has 16 heteroatoms. The Bertz CT molecular complexity index is 2390. The van der Waals surface area contributed by atoms with E-state index >= 15 is 0 Å². The average Bonchev–Trinajstić information content (AvgIpc) is 3.29. The number of rotatable bonds is 14. The van der Waals surface area contributed by atoms with Gasteiger partial charge >= 0.3 is 0 Å². The van der Waals surface area contributed by atoms with Crippen molar-refractivity contribution in [2.45, 2.75) is 77.8 Å². The first kappa shape index (κ1) is 45.1. The van der Waals surface area contributed by atoms with Gasteiger partial charge in [0.05, 0.1) is 70.1 Å². The highest BCUT2D eigenvalue weighted by Crippen LogP contribution is 2.21. The second-order valence-electron chi connectivity index (χ2n) is 16.0. The molecule has 2 aliphatic rings. The molecule has 2 saturated heterocycles. The molecule has 0 unspecified atom stereocenters. The topological polar surface area (TPSA) is 145 Å². The third kappa shape index (κ3) is 11.7. The minimum Gasteiger partial charge on any atom is -0.497 e. The number of halogens is 2. The monoisotopic (exact) mass is 882 g/mol. The molecule has 6 heterocycles. The van der Waals surface area contributed by atoms with E-state index in [1.165, 1.54) is 12.4 Å². The number of likely N-dealkylation sites (tertiary alicyclic amines) is 2. The second-order valence-corrected chi connectivity index (χ2v) is 16.8. The number of ether oxygens (including phenoxy) is 2. The summed E-state index contributed by atoms with van der Waals surface area (Å²) in [6.45, 7) is 12.3. The number of piperidine rings is 2. The van der Waals surface area contributed by atoms with E-state index in [2.05, 4.69) is 40.4 Å². The first-order chi connectivity index (χ1) is 30.1. The Morgan fingerprint density at radius 1 is 0.581 bits per heavy atom. The zero-order valence-corrected chi connectivity index (χ0v) is 37.5. The van der Waals surface area contributed by atoms with E-state index in [0.29, 0.717) is 35.2 Å². The summed E-state index contributed by atoms with van der Waals surface area (Å²) in [4.78, 5) is 46.9. The van der Waals surface area contributed by atoms with Gasteiger partial charge in [-0.05, 0) is 113 Å². The highest BCUT2D eigenvalue weighted by molar-refractivity contribution is 6.31. The molecular formula is C46H56Cl2N10O4. The predicted octanol–water partition coefficient (Wildman–Crippen LogP) is 6.03. The van der Waals surface area contributed by atoms with Gasteiger partial charge in [0.15, 0.2) is 0 Å². The van der Waals surface area contributed by atoms with Gasteiger partial charge in [-0.15, -0.1) is 0 Å². The van der Waals surface area contributed by atoms with Crippen LogP contribution in [0.3, 0.4) is 0 Å². The van der Waals surface area contributed by atoms with Gasteiger partial charge in [-0.2, -0.15) is 0 Å². The highest BCUT2D eigenvalue weighted by Gasteiger charge is 2.21. The fourth-order valence-corrected chi connectivity index (χ4v) is 8.39. The zero-order valence-electron chi connectivity index (χ0n) is 35.9. The summed E-state index contributed by atoms with van der Waals surface area (Å²) in [5.74, 6) is 1.45. The number of fused-ring (bicyclic) bond motifs is 2. The number of hydrogen-bond acceptors (Lipinski definition) is 12. The van der Waals surface area contributed by atoms with E-state index < -0.39 is 0 Å². The molecular weight excluding hydrogens is 827 g/mol. The van der Waals surface area contributed by atoms with Crippen molar-refractivity contribution in [2.24, 2.45) is 0 Å². The van der Waals surface area contributed by atoms with Gasteiger partial charge in [-0.1, -0.05) is 23.2 Å². The van der Waals surface area contributed by atoms with Gasteiger partial charge in [-0.25, -0.2) is 9.97 Å². The summed E-state index contributed by atoms with van der Waals surface area (Å²) in [6, 6.07) is 16.2. The van der Waals surface area contributed by atoms with Crippen molar-refractivity contribution in [1.29, 1.82) is 0 Å². The summed E-state index contributed by atoms with van der Waals surface area (Å²) in [5.41, 5.74) is 7.00. The van der Waals surface area contributed by atoms with E-state index in [1.807, 2.05) is 74.8 Å². The van der Waals surface area contributed by atoms with Crippen LogP contribution in [0.1, 0.15) is 48.2 Å². The maximum Gasteiger partial charge on any atom is 0.269 e. The molecule has 0 radical (unpaired) electrons. The van der Waals surface area contributed by atoms with E-state index in [9.17, 15) is 9.59 Å². The normalized spacial score (nSPS) is 15.5. The van der Waals surface area contributed by atoms with Crippen LogP contribution in [0.2, 0.25) is 10.0 Å². The van der Waals surface area contributed by atoms with Crippen LogP contribution in [-0.2, 0) is 26.2 Å². The third-order valence-corrected chi connectivity index (χ3v) is 12.7. The summed E-state index contributed by atoms with van der Waals surface area (Å²) in [7, 11) is 3.25. The van der Waals surface area contributed by atoms with Gasteiger partial charge in [0.1, 0.15) is 11.5 Å². The summed E-state index contributed by atoms with van der Waals surface area (Å²) >= 11 is 12.3. The minimum absolute atomic E-state index is 0.0809. The molecule has 0 saturated carbocycles. The maximum absolute atomic E-state index is 12.4. The third-order valence-electron chi connectivity index (χ3n) is 11.9. The number of nitrogens with one attached hydrogen (secondary N) is 2. The summed E-state index contributed by atoms with van der Waals surface area (Å²) < 4.78 is 14.2. The Morgan fingerprint density at radius 2 is 0.984 bits per heavy atom. The number of aromatic nitrogens is 6. The molecule has 0 aliphatic carbocycles. The number of pyridine rings is 2. The van der Waals surface area contributed by atoms with Crippen molar-refractivity contribution >= 4 is 45.3 Å². The molecule has 62 heavy (non-hydrogen) atoms. The second kappa shape index (κ2) is 21.4. The fourth-order valence-electron chi connectivity index (χ4n) is 8.01. The Balaban J connectivity index is 0.000000186. The molecule has 6 aromatic rings. The van der Waals surface area contributed by atoms with Gasteiger partial charge in [0.25, 0.3) is 11.1 Å². The van der Waals surface area contributed by atoms with Crippen molar-refractivity contribution in [2.75, 3.05) is 53.5 Å². The molecule has 14 nitrogen and oxygen atoms in total. The Hall–Kier alpha value is -4.96. The Morgan fingerprint density at radius 3 is 1.35 bits per heavy atom. The molecule has 328 valence electrons. The first-order valence-corrected chi connectivity index (χ1v) is 22.0. The lowest BCUT2D eigenvalue weighted by Crippen LogP contribution is -2.43. The van der Waals surface area contributed by atoms with Crippen molar-refractivity contribution < 1.29 is 9.47 Å². The van der Waals surface area contributed by atoms with Crippen LogP contribution < -0.4 is 31.2 Å². The van der Waals surface area contributed by atoms with Crippen LogP contribution in [0, 0.1) is 13.8 Å². The molecule has 0 bridgehead atoms. The lowest BCUT2D eigenvalue weighted by Gasteiger charge is -2.32. The van der Waals surface area contributed by atoms with Gasteiger partial charge in [0.2, 0.25) is 0 Å². The molecule has 4 aromatic heterocycles. The molecule has 0 amide bonds. The number of aryl methyl sites for hydroxylation is 2. The summed E-state index contributed by atoms with van der Waals surface area (Å²) in [6.07, 6.45) is 10.9. The quantitative estimate of drug-likeness (QED) is 0.132. The number of benzene rings is 2. The molecule has 2 fully saturated rings. The zero-order chi connectivity index (χ0) is 43.6. The van der Waals surface area contributed by atoms with Crippen LogP contribution in [0.25, 0.3) is 22.1 Å². The van der Waals surface area contributed by atoms with Crippen molar-refractivity contribution in [3.8, 4) is 11.5 Å². The van der Waals surface area contributed by atoms with Gasteiger partial charge in [0, 0.05) is 75.9 Å². The number of methoxy groups -OCH3 is 2. The average molecular weight is 884 g/mol. The largest absolute Gasteiger partial charge is 0.497 e. The number of hydrogen-bond donors (Lipinski definition) is 2. The minimum atomic E-state index is -0.0809. The number of nitrogens with zero attached hydrogens (tertiary/aromatic N) is 8. The Labute approximate surface area is 372 Å². The standard InChI is InChI=1S/2C23H28ClN5O2/c2*1-16-20(24)11-17(13-25-16)14-26-18-5-7-28(8-6-18)9-10-29-22-12-19(31-2)3-4-21(22)27-15-23(29)30/h2*3-4,11-13,15,18,26H,5-10,14H2,1-2H3. The molecule has 8 rings (SSSR count). The maximum atomic E-state index is 12.4. The van der Waals surface area contributed by atoms with Crippen LogP contribution >= 0.6 is 23.2 Å². The lowest BCUT2D eigenvalue weighted by atomic mass is 10.0. The van der Waals surface area contributed by atoms with Crippen molar-refractivity contribution in [3.63, 3.8) is 0 Å². The lowest BCUT2D eigenvalue weighted by molar-refractivity contribution is 0.191. The highest BCUT2D eigenvalue weighted by atomic mass is 35.5. The molecule has 2 N–H and O–H groups in total. The van der Waals surface area contributed by atoms with E-state index in [1.54, 1.807) is 23.4 Å². The van der Waals surface area contributed by atoms with E-state index in [4.69, 9.17) is 32.7 Å². The predicted molar refractivity (Wildman–Crippen MR) is 246 cm³/mol. The van der Waals surface area contributed by atoms with Crippen LogP contribution in [0.4, 0.5) is 0 Å². The van der Waals surface area contributed by atoms with E-state index in [0.717, 1.165) is 134 Å². The van der Waals surface area contributed by atoms with Crippen molar-refractivity contribution in [3.05, 3.63) is 127 Å². The molecule has 2 aliphatic heterocycles. The smallest absolute Gasteiger partial charge is 0.269 e. The molecule has 2 aromatic carbocycles. The Kier molecular flexibility index (Phi) is 15.6. The van der Waals surface area contributed by atoms with Gasteiger partial charge < -0.3 is 39.0 Å². The first-order valence-electron chi connectivity index (χ1n) is 21.3.